The number of nitrogens with one attached hydrogen (secondary N) is 1. The third-order valence-corrected chi connectivity index (χ3v) is 3.60. The van der Waals surface area contributed by atoms with E-state index in [9.17, 15) is 13.9 Å². The van der Waals surface area contributed by atoms with Gasteiger partial charge in [0.1, 0.15) is 6.23 Å². The standard InChI is InChI=1S/C15H16F2N4O2.ClH/c1-21(13-3-2-6-23-13)14-11(17)8-18-15(20-14)19-9-4-5-12(22)10(16)7-9;/h4-5,7-8,13,22H,2-3,6H2,1H3,(H,18,19,20);1H. The van der Waals surface area contributed by atoms with Crippen molar-refractivity contribution in [1.29, 1.82) is 0 Å². The van der Waals surface area contributed by atoms with Crippen LogP contribution in [0.4, 0.5) is 26.2 Å². The number of rotatable bonds is 4. The lowest BCUT2D eigenvalue weighted by Gasteiger charge is -2.25. The molecule has 1 unspecified atom stereocenters. The van der Waals surface area contributed by atoms with E-state index in [1.807, 2.05) is 0 Å². The van der Waals surface area contributed by atoms with Crippen LogP contribution in [0.2, 0.25) is 0 Å². The monoisotopic (exact) mass is 358 g/mol. The minimum Gasteiger partial charge on any atom is -0.505 e. The van der Waals surface area contributed by atoms with Gasteiger partial charge < -0.3 is 20.1 Å². The molecule has 0 bridgehead atoms. The van der Waals surface area contributed by atoms with E-state index in [-0.39, 0.29) is 30.4 Å². The number of hydrogen-bond donors (Lipinski definition) is 2. The fourth-order valence-corrected chi connectivity index (χ4v) is 2.38. The molecule has 1 atom stereocenters. The number of ether oxygens (including phenoxy) is 1. The van der Waals surface area contributed by atoms with Crippen LogP contribution in [0.3, 0.4) is 0 Å². The first-order valence-electron chi connectivity index (χ1n) is 7.17. The smallest absolute Gasteiger partial charge is 0.229 e. The molecule has 0 radical (unpaired) electrons. The van der Waals surface area contributed by atoms with Crippen LogP contribution < -0.4 is 10.2 Å². The van der Waals surface area contributed by atoms with Crippen LogP contribution in [-0.4, -0.2) is 35.0 Å². The van der Waals surface area contributed by atoms with Gasteiger partial charge in [-0.15, -0.1) is 12.4 Å². The largest absolute Gasteiger partial charge is 0.505 e. The summed E-state index contributed by atoms with van der Waals surface area (Å²) in [4.78, 5) is 9.59. The van der Waals surface area contributed by atoms with Gasteiger partial charge in [0, 0.05) is 25.4 Å². The van der Waals surface area contributed by atoms with E-state index in [4.69, 9.17) is 4.74 Å². The Kier molecular flexibility index (Phi) is 5.74. The Morgan fingerprint density at radius 2 is 2.12 bits per heavy atom. The van der Waals surface area contributed by atoms with Crippen molar-refractivity contribution in [2.45, 2.75) is 19.1 Å². The fraction of sp³-hybridized carbons (Fsp3) is 0.333. The highest BCUT2D eigenvalue weighted by Crippen LogP contribution is 2.25. The van der Waals surface area contributed by atoms with Crippen molar-refractivity contribution in [1.82, 2.24) is 9.97 Å². The second-order valence-electron chi connectivity index (χ2n) is 5.23. The topological polar surface area (TPSA) is 70.5 Å². The van der Waals surface area contributed by atoms with Crippen molar-refractivity contribution in [3.05, 3.63) is 36.0 Å². The van der Waals surface area contributed by atoms with E-state index in [2.05, 4.69) is 15.3 Å². The molecule has 24 heavy (non-hydrogen) atoms. The second-order valence-corrected chi connectivity index (χ2v) is 5.23. The Bertz CT molecular complexity index is 714. The molecule has 2 N–H and O–H groups in total. The number of anilines is 3. The lowest BCUT2D eigenvalue weighted by Crippen LogP contribution is -2.32. The fourth-order valence-electron chi connectivity index (χ4n) is 2.38. The third-order valence-electron chi connectivity index (χ3n) is 3.60. The summed E-state index contributed by atoms with van der Waals surface area (Å²) in [6.45, 7) is 0.638. The van der Waals surface area contributed by atoms with E-state index < -0.39 is 17.4 Å². The minimum absolute atomic E-state index is 0. The summed E-state index contributed by atoms with van der Waals surface area (Å²) in [5, 5.41) is 12.0. The van der Waals surface area contributed by atoms with Crippen LogP contribution in [0.25, 0.3) is 0 Å². The van der Waals surface area contributed by atoms with Gasteiger partial charge in [-0.3, -0.25) is 0 Å². The van der Waals surface area contributed by atoms with Crippen LogP contribution in [0, 0.1) is 11.6 Å². The highest BCUT2D eigenvalue weighted by molar-refractivity contribution is 5.85. The molecule has 1 aromatic carbocycles. The molecule has 9 heteroatoms. The second kappa shape index (κ2) is 7.59. The lowest BCUT2D eigenvalue weighted by atomic mass is 10.3. The zero-order valence-corrected chi connectivity index (χ0v) is 13.7. The third kappa shape index (κ3) is 3.82. The van der Waals surface area contributed by atoms with Crippen LogP contribution >= 0.6 is 12.4 Å². The van der Waals surface area contributed by atoms with Crippen LogP contribution in [0.1, 0.15) is 12.8 Å². The van der Waals surface area contributed by atoms with Gasteiger partial charge in [-0.05, 0) is 25.0 Å². The molecule has 0 spiro atoms. The lowest BCUT2D eigenvalue weighted by molar-refractivity contribution is 0.110. The van der Waals surface area contributed by atoms with Crippen LogP contribution in [0.15, 0.2) is 24.4 Å². The molecule has 2 aromatic rings. The van der Waals surface area contributed by atoms with Crippen LogP contribution in [0.5, 0.6) is 5.75 Å². The van der Waals surface area contributed by atoms with Gasteiger partial charge in [-0.2, -0.15) is 4.98 Å². The Morgan fingerprint density at radius 3 is 2.79 bits per heavy atom. The maximum Gasteiger partial charge on any atom is 0.229 e. The average Bonchev–Trinajstić information content (AvgIpc) is 3.06. The molecule has 1 fully saturated rings. The number of hydrogen-bond acceptors (Lipinski definition) is 6. The van der Waals surface area contributed by atoms with Gasteiger partial charge in [0.2, 0.25) is 5.95 Å². The van der Waals surface area contributed by atoms with Crippen molar-refractivity contribution in [2.75, 3.05) is 23.9 Å². The highest BCUT2D eigenvalue weighted by Gasteiger charge is 2.24. The molecular formula is C15H17ClF2N4O2. The van der Waals surface area contributed by atoms with Gasteiger partial charge in [0.15, 0.2) is 23.2 Å². The molecule has 1 saturated heterocycles. The number of benzene rings is 1. The molecular weight excluding hydrogens is 342 g/mol. The molecule has 0 amide bonds. The normalized spacial score (nSPS) is 16.5. The first-order valence-corrected chi connectivity index (χ1v) is 7.17. The summed E-state index contributed by atoms with van der Waals surface area (Å²) >= 11 is 0. The summed E-state index contributed by atoms with van der Waals surface area (Å²) in [5.74, 6) is -1.56. The number of aromatic nitrogens is 2. The maximum absolute atomic E-state index is 14.0. The van der Waals surface area contributed by atoms with E-state index >= 15 is 0 Å². The maximum atomic E-state index is 14.0. The van der Waals surface area contributed by atoms with Crippen molar-refractivity contribution in [2.24, 2.45) is 0 Å². The van der Waals surface area contributed by atoms with Crippen molar-refractivity contribution >= 4 is 29.9 Å². The number of aromatic hydroxyl groups is 1. The van der Waals surface area contributed by atoms with Gasteiger partial charge >= 0.3 is 0 Å². The number of halogens is 3. The molecule has 6 nitrogen and oxygen atoms in total. The van der Waals surface area contributed by atoms with Crippen molar-refractivity contribution < 1.29 is 18.6 Å². The van der Waals surface area contributed by atoms with E-state index in [1.165, 1.54) is 12.1 Å². The van der Waals surface area contributed by atoms with Gasteiger partial charge in [-0.1, -0.05) is 0 Å². The quantitative estimate of drug-likeness (QED) is 0.818. The summed E-state index contributed by atoms with van der Waals surface area (Å²) in [5.41, 5.74) is 0.345. The zero-order chi connectivity index (χ0) is 16.4. The molecule has 2 heterocycles. The minimum atomic E-state index is -0.770. The van der Waals surface area contributed by atoms with Crippen molar-refractivity contribution in [3.63, 3.8) is 0 Å². The molecule has 130 valence electrons. The molecule has 1 aromatic heterocycles. The molecule has 3 rings (SSSR count). The predicted octanol–water partition coefficient (Wildman–Crippen LogP) is 3.20. The number of phenolic OH excluding ortho intramolecular Hbond substituents is 1. The van der Waals surface area contributed by atoms with E-state index in [0.717, 1.165) is 25.1 Å². The highest BCUT2D eigenvalue weighted by atomic mass is 35.5. The summed E-state index contributed by atoms with van der Waals surface area (Å²) in [7, 11) is 1.70. The van der Waals surface area contributed by atoms with Crippen LogP contribution in [-0.2, 0) is 4.74 Å². The SMILES string of the molecule is CN(c1nc(Nc2ccc(O)c(F)c2)ncc1F)C1CCCO1.Cl. The molecule has 1 aliphatic heterocycles. The summed E-state index contributed by atoms with van der Waals surface area (Å²) < 4.78 is 32.8. The van der Waals surface area contributed by atoms with Crippen molar-refractivity contribution in [3.8, 4) is 5.75 Å². The average molecular weight is 359 g/mol. The van der Waals surface area contributed by atoms with E-state index in [1.54, 1.807) is 11.9 Å². The summed E-state index contributed by atoms with van der Waals surface area (Å²) in [6.07, 6.45) is 2.54. The predicted molar refractivity (Wildman–Crippen MR) is 88.0 cm³/mol. The number of phenols is 1. The molecule has 1 aliphatic rings. The zero-order valence-electron chi connectivity index (χ0n) is 12.9. The number of nitrogens with zero attached hydrogens (tertiary/aromatic N) is 3. The molecule has 0 aliphatic carbocycles. The van der Waals surface area contributed by atoms with Gasteiger partial charge in [0.05, 0.1) is 6.20 Å². The Morgan fingerprint density at radius 1 is 1.33 bits per heavy atom. The van der Waals surface area contributed by atoms with E-state index in [0.29, 0.717) is 12.3 Å². The van der Waals surface area contributed by atoms with Gasteiger partial charge in [0.25, 0.3) is 0 Å². The Balaban J connectivity index is 0.00000208. The molecule has 0 saturated carbocycles. The summed E-state index contributed by atoms with van der Waals surface area (Å²) in [6, 6.07) is 3.78. The first kappa shape index (κ1) is 18.2. The Hall–Kier alpha value is -2.19. The van der Waals surface area contributed by atoms with Gasteiger partial charge in [-0.25, -0.2) is 13.8 Å². The Labute approximate surface area is 143 Å². The first-order chi connectivity index (χ1) is 11.0.